The number of nitrogens with one attached hydrogen (secondary N) is 2. The number of nitrogens with two attached hydrogens (primary N) is 1. The summed E-state index contributed by atoms with van der Waals surface area (Å²) in [6, 6.07) is 2.97. The molecule has 0 fully saturated rings. The lowest BCUT2D eigenvalue weighted by Gasteiger charge is -2.19. The summed E-state index contributed by atoms with van der Waals surface area (Å²) >= 11 is 0. The predicted molar refractivity (Wildman–Crippen MR) is 181 cm³/mol. The summed E-state index contributed by atoms with van der Waals surface area (Å²) in [7, 11) is 0. The van der Waals surface area contributed by atoms with E-state index in [1.165, 1.54) is 12.1 Å². The van der Waals surface area contributed by atoms with Crippen molar-refractivity contribution < 1.29 is 42.2 Å². The molecule has 3 aromatic heterocycles. The van der Waals surface area contributed by atoms with Crippen molar-refractivity contribution in [3.63, 3.8) is 0 Å². The van der Waals surface area contributed by atoms with Gasteiger partial charge < -0.3 is 38.7 Å². The minimum absolute atomic E-state index is 0.0186. The molecule has 3 amide bonds. The maximum absolute atomic E-state index is 13.4. The Hall–Kier alpha value is -5.67. The minimum atomic E-state index is -0.710. The smallest absolute Gasteiger partial charge is 0.407 e. The largest absolute Gasteiger partial charge is 0.491 e. The molecule has 0 unspecified atom stereocenters. The van der Waals surface area contributed by atoms with Crippen LogP contribution in [0.5, 0.6) is 5.75 Å². The summed E-state index contributed by atoms with van der Waals surface area (Å²) in [6.45, 7) is 12.8. The molecule has 0 aliphatic heterocycles. The van der Waals surface area contributed by atoms with Gasteiger partial charge in [0.2, 0.25) is 23.4 Å². The molecule has 0 radical (unpaired) electrons. The van der Waals surface area contributed by atoms with Crippen LogP contribution in [0.25, 0.3) is 11.0 Å². The van der Waals surface area contributed by atoms with Gasteiger partial charge in [-0.2, -0.15) is 0 Å². The molecule has 0 aliphatic rings. The molecule has 16 nitrogen and oxygen atoms in total. The number of alkyl carbamates (subject to hydrolysis) is 1. The number of amides is 3. The van der Waals surface area contributed by atoms with Gasteiger partial charge >= 0.3 is 12.1 Å². The highest BCUT2D eigenvalue weighted by Crippen LogP contribution is 2.31. The standard InChI is InChI=1S/C34H43N7O9/c1-8-22-27(48-19(3)37-22)30(43)40-32-39-24-17-21(29(35)42)18-25(26(24)41(32)14-11-10-13-36-33(45)50-34(5,6)7)46-15-12-16-47-31(44)28-23(9-2)38-20(4)49-28/h10-11,17-18H,8-9,12-16H2,1-7H3,(H2,35,42)(H,36,45)(H,39,40,43)/b11-10+. The molecule has 4 rings (SSSR count). The fourth-order valence-electron chi connectivity index (χ4n) is 4.86. The van der Waals surface area contributed by atoms with Crippen molar-refractivity contribution in [3.8, 4) is 5.75 Å². The van der Waals surface area contributed by atoms with Crippen LogP contribution in [0.4, 0.5) is 10.7 Å². The number of carbonyl (C=O) groups is 4. The number of nitrogens with zero attached hydrogens (tertiary/aromatic N) is 4. The van der Waals surface area contributed by atoms with E-state index in [1.807, 2.05) is 13.8 Å². The van der Waals surface area contributed by atoms with E-state index in [0.29, 0.717) is 53.5 Å². The van der Waals surface area contributed by atoms with E-state index in [2.05, 4.69) is 25.6 Å². The zero-order valence-electron chi connectivity index (χ0n) is 29.3. The van der Waals surface area contributed by atoms with Gasteiger partial charge in [0, 0.05) is 38.9 Å². The monoisotopic (exact) mass is 693 g/mol. The molecule has 4 N–H and O–H groups in total. The van der Waals surface area contributed by atoms with Gasteiger partial charge in [0.05, 0.1) is 30.1 Å². The van der Waals surface area contributed by atoms with Crippen LogP contribution in [0.1, 0.15) is 95.7 Å². The Labute approximate surface area is 288 Å². The Morgan fingerprint density at radius 3 is 2.24 bits per heavy atom. The molecule has 0 spiro atoms. The maximum atomic E-state index is 13.4. The van der Waals surface area contributed by atoms with E-state index >= 15 is 0 Å². The second kappa shape index (κ2) is 16.2. The number of primary amides is 1. The molecule has 0 bridgehead atoms. The second-order valence-electron chi connectivity index (χ2n) is 12.1. The number of aryl methyl sites for hydroxylation is 4. The molecule has 16 heteroatoms. The van der Waals surface area contributed by atoms with E-state index in [9.17, 15) is 19.2 Å². The Kier molecular flexibility index (Phi) is 12.0. The van der Waals surface area contributed by atoms with Crippen molar-refractivity contribution in [2.24, 2.45) is 5.73 Å². The third-order valence-electron chi connectivity index (χ3n) is 6.98. The average molecular weight is 694 g/mol. The number of hydrogen-bond donors (Lipinski definition) is 3. The van der Waals surface area contributed by atoms with Crippen molar-refractivity contribution in [3.05, 3.63) is 64.5 Å². The lowest BCUT2D eigenvalue weighted by Crippen LogP contribution is -2.32. The quantitative estimate of drug-likeness (QED) is 0.0868. The number of allylic oxidation sites excluding steroid dienone is 1. The normalized spacial score (nSPS) is 11.6. The molecule has 1 aromatic carbocycles. The number of carbonyl (C=O) groups excluding carboxylic acids is 4. The number of imidazole rings is 1. The van der Waals surface area contributed by atoms with Gasteiger partial charge in [0.25, 0.3) is 5.91 Å². The van der Waals surface area contributed by atoms with Crippen LogP contribution in [0.3, 0.4) is 0 Å². The topological polar surface area (TPSA) is 216 Å². The molecule has 268 valence electrons. The lowest BCUT2D eigenvalue weighted by atomic mass is 10.1. The van der Waals surface area contributed by atoms with Crippen LogP contribution in [0, 0.1) is 13.8 Å². The first-order valence-electron chi connectivity index (χ1n) is 16.2. The number of oxazole rings is 2. The number of anilines is 1. The fraction of sp³-hybridized carbons (Fsp3) is 0.441. The van der Waals surface area contributed by atoms with Gasteiger partial charge in [-0.1, -0.05) is 26.0 Å². The second-order valence-corrected chi connectivity index (χ2v) is 12.1. The summed E-state index contributed by atoms with van der Waals surface area (Å²) in [6.07, 6.45) is 4.17. The van der Waals surface area contributed by atoms with Gasteiger partial charge in [-0.15, -0.1) is 0 Å². The molecular weight excluding hydrogens is 650 g/mol. The van der Waals surface area contributed by atoms with Crippen molar-refractivity contribution in [1.82, 2.24) is 24.8 Å². The van der Waals surface area contributed by atoms with Crippen LogP contribution in [-0.2, 0) is 28.9 Å². The zero-order chi connectivity index (χ0) is 36.6. The van der Waals surface area contributed by atoms with Crippen LogP contribution in [0.2, 0.25) is 0 Å². The molecule has 0 saturated carbocycles. The van der Waals surface area contributed by atoms with E-state index in [0.717, 1.165) is 0 Å². The van der Waals surface area contributed by atoms with E-state index in [1.54, 1.807) is 51.3 Å². The van der Waals surface area contributed by atoms with Gasteiger partial charge in [-0.05, 0) is 45.7 Å². The number of aromatic nitrogens is 4. The van der Waals surface area contributed by atoms with Crippen LogP contribution in [-0.4, -0.2) is 68.8 Å². The van der Waals surface area contributed by atoms with Gasteiger partial charge in [0.1, 0.15) is 16.9 Å². The number of hydrogen-bond acceptors (Lipinski definition) is 12. The van der Waals surface area contributed by atoms with Crippen LogP contribution >= 0.6 is 0 Å². The molecule has 0 atom stereocenters. The summed E-state index contributed by atoms with van der Waals surface area (Å²) in [4.78, 5) is 63.3. The highest BCUT2D eigenvalue weighted by Gasteiger charge is 2.24. The lowest BCUT2D eigenvalue weighted by molar-refractivity contribution is 0.0445. The first-order valence-corrected chi connectivity index (χ1v) is 16.2. The maximum Gasteiger partial charge on any atom is 0.407 e. The number of ether oxygens (including phenoxy) is 3. The minimum Gasteiger partial charge on any atom is -0.491 e. The first kappa shape index (κ1) is 37.2. The summed E-state index contributed by atoms with van der Waals surface area (Å²) in [5, 5.41) is 5.45. The first-order chi connectivity index (χ1) is 23.7. The molecular formula is C34H43N7O9. The van der Waals surface area contributed by atoms with Crippen molar-refractivity contribution in [2.75, 3.05) is 25.1 Å². The highest BCUT2D eigenvalue weighted by molar-refractivity contribution is 6.04. The summed E-state index contributed by atoms with van der Waals surface area (Å²) < 4.78 is 29.4. The Morgan fingerprint density at radius 1 is 0.940 bits per heavy atom. The van der Waals surface area contributed by atoms with Gasteiger partial charge in [-0.25, -0.2) is 24.5 Å². The Bertz CT molecular complexity index is 1900. The number of fused-ring (bicyclic) bond motifs is 1. The average Bonchev–Trinajstić information content (AvgIpc) is 3.73. The highest BCUT2D eigenvalue weighted by atomic mass is 16.6. The third-order valence-corrected chi connectivity index (χ3v) is 6.98. The molecule has 3 heterocycles. The SMILES string of the molecule is CCc1nc(C)oc1C(=O)Nc1nc2cc(C(N)=O)cc(OCCCOC(=O)c3oc(C)nc3CC)c2n1C/C=C/CNC(=O)OC(C)(C)C. The van der Waals surface area contributed by atoms with Crippen molar-refractivity contribution >= 4 is 40.9 Å². The molecule has 50 heavy (non-hydrogen) atoms. The van der Waals surface area contributed by atoms with Crippen molar-refractivity contribution in [2.45, 2.75) is 79.9 Å². The summed E-state index contributed by atoms with van der Waals surface area (Å²) in [5.41, 5.74) is 6.88. The van der Waals surface area contributed by atoms with E-state index in [-0.39, 0.29) is 55.1 Å². The van der Waals surface area contributed by atoms with Crippen LogP contribution in [0.15, 0.2) is 33.1 Å². The Balaban J connectivity index is 1.59. The molecule has 4 aromatic rings. The number of rotatable bonds is 15. The fourth-order valence-corrected chi connectivity index (χ4v) is 4.86. The molecule has 0 saturated heterocycles. The zero-order valence-corrected chi connectivity index (χ0v) is 29.3. The third kappa shape index (κ3) is 9.48. The number of benzene rings is 1. The van der Waals surface area contributed by atoms with E-state index < -0.39 is 29.5 Å². The van der Waals surface area contributed by atoms with Crippen molar-refractivity contribution in [1.29, 1.82) is 0 Å². The molecule has 0 aliphatic carbocycles. The van der Waals surface area contributed by atoms with E-state index in [4.69, 9.17) is 28.8 Å². The predicted octanol–water partition coefficient (Wildman–Crippen LogP) is 4.81. The Morgan fingerprint density at radius 2 is 1.60 bits per heavy atom. The number of esters is 1. The van der Waals surface area contributed by atoms with Crippen LogP contribution < -0.4 is 21.1 Å². The summed E-state index contributed by atoms with van der Waals surface area (Å²) in [5.74, 6) is -0.689. The van der Waals surface area contributed by atoms with Gasteiger partial charge in [0.15, 0.2) is 11.8 Å². The van der Waals surface area contributed by atoms with Gasteiger partial charge in [-0.3, -0.25) is 14.9 Å².